The summed E-state index contributed by atoms with van der Waals surface area (Å²) in [6.45, 7) is 1.60. The Labute approximate surface area is 143 Å². The van der Waals surface area contributed by atoms with Gasteiger partial charge >= 0.3 is 0 Å². The maximum Gasteiger partial charge on any atom is 0.270 e. The number of nitrogens with zero attached hydrogens (tertiary/aromatic N) is 3. The molecule has 0 saturated carbocycles. The number of nitrogens with one attached hydrogen (secondary N) is 1. The molecule has 1 saturated heterocycles. The highest BCUT2D eigenvalue weighted by atomic mass is 32.2. The molecule has 0 bridgehead atoms. The van der Waals surface area contributed by atoms with Crippen LogP contribution in [0.1, 0.15) is 18.4 Å². The van der Waals surface area contributed by atoms with Crippen LogP contribution in [0.4, 0.5) is 0 Å². The first-order valence-corrected chi connectivity index (χ1v) is 8.68. The van der Waals surface area contributed by atoms with E-state index in [1.807, 2.05) is 29.2 Å². The number of nitriles is 1. The SMILES string of the molecule is N#Cc1c(-c2ccccc2)nc(SCC(=O)N2CCCC2)[nH]c1=O. The van der Waals surface area contributed by atoms with E-state index in [0.717, 1.165) is 25.9 Å². The monoisotopic (exact) mass is 340 g/mol. The summed E-state index contributed by atoms with van der Waals surface area (Å²) in [7, 11) is 0. The average molecular weight is 340 g/mol. The van der Waals surface area contributed by atoms with Gasteiger partial charge in [0.05, 0.1) is 11.4 Å². The summed E-state index contributed by atoms with van der Waals surface area (Å²) in [5.41, 5.74) is 0.546. The lowest BCUT2D eigenvalue weighted by molar-refractivity contribution is -0.127. The summed E-state index contributed by atoms with van der Waals surface area (Å²) in [4.78, 5) is 33.1. The van der Waals surface area contributed by atoms with Crippen molar-refractivity contribution in [3.63, 3.8) is 0 Å². The van der Waals surface area contributed by atoms with Crippen LogP contribution in [0.3, 0.4) is 0 Å². The summed E-state index contributed by atoms with van der Waals surface area (Å²) < 4.78 is 0. The van der Waals surface area contributed by atoms with E-state index in [2.05, 4.69) is 9.97 Å². The van der Waals surface area contributed by atoms with E-state index >= 15 is 0 Å². The molecule has 0 unspecified atom stereocenters. The van der Waals surface area contributed by atoms with Gasteiger partial charge in [0.1, 0.15) is 11.6 Å². The maximum absolute atomic E-state index is 12.1. The lowest BCUT2D eigenvalue weighted by Gasteiger charge is -2.14. The highest BCUT2D eigenvalue weighted by molar-refractivity contribution is 7.99. The number of likely N-dealkylation sites (tertiary alicyclic amines) is 1. The van der Waals surface area contributed by atoms with Crippen molar-refractivity contribution in [2.45, 2.75) is 18.0 Å². The third kappa shape index (κ3) is 3.49. The van der Waals surface area contributed by atoms with Gasteiger partial charge in [-0.3, -0.25) is 9.59 Å². The first-order valence-electron chi connectivity index (χ1n) is 7.69. The van der Waals surface area contributed by atoms with Crippen molar-refractivity contribution in [3.8, 4) is 17.3 Å². The van der Waals surface area contributed by atoms with Crippen LogP contribution in [0.5, 0.6) is 0 Å². The highest BCUT2D eigenvalue weighted by Gasteiger charge is 2.19. The number of amides is 1. The Morgan fingerprint density at radius 1 is 1.29 bits per heavy atom. The van der Waals surface area contributed by atoms with E-state index in [-0.39, 0.29) is 17.2 Å². The summed E-state index contributed by atoms with van der Waals surface area (Å²) in [5.74, 6) is 0.272. The van der Waals surface area contributed by atoms with Crippen LogP contribution in [0.25, 0.3) is 11.3 Å². The number of aromatic amines is 1. The third-order valence-corrected chi connectivity index (χ3v) is 4.71. The molecule has 0 atom stereocenters. The van der Waals surface area contributed by atoms with Crippen LogP contribution in [-0.2, 0) is 4.79 Å². The molecule has 1 amide bonds. The second-order valence-corrected chi connectivity index (χ2v) is 6.41. The van der Waals surface area contributed by atoms with Gasteiger partial charge in [-0.1, -0.05) is 42.1 Å². The second-order valence-electron chi connectivity index (χ2n) is 5.45. The number of benzene rings is 1. The first-order chi connectivity index (χ1) is 11.7. The van der Waals surface area contributed by atoms with Crippen LogP contribution >= 0.6 is 11.8 Å². The van der Waals surface area contributed by atoms with Crippen LogP contribution in [-0.4, -0.2) is 39.6 Å². The predicted octanol–water partition coefficient (Wildman–Crippen LogP) is 2.02. The zero-order valence-corrected chi connectivity index (χ0v) is 13.8. The van der Waals surface area contributed by atoms with E-state index in [9.17, 15) is 14.9 Å². The largest absolute Gasteiger partial charge is 0.342 e. The fraction of sp³-hybridized carbons (Fsp3) is 0.294. The number of carbonyl (C=O) groups excluding carboxylic acids is 1. The molecule has 1 aromatic heterocycles. The maximum atomic E-state index is 12.1. The van der Waals surface area contributed by atoms with Crippen molar-refractivity contribution in [1.29, 1.82) is 5.26 Å². The Morgan fingerprint density at radius 3 is 2.67 bits per heavy atom. The van der Waals surface area contributed by atoms with Gasteiger partial charge < -0.3 is 9.88 Å². The van der Waals surface area contributed by atoms with Crippen LogP contribution in [0, 0.1) is 11.3 Å². The standard InChI is InChI=1S/C17H16N4O2S/c18-10-13-15(12-6-2-1-3-7-12)19-17(20-16(13)23)24-11-14(22)21-8-4-5-9-21/h1-3,6-7H,4-5,8-9,11H2,(H,19,20,23). The molecule has 122 valence electrons. The van der Waals surface area contributed by atoms with Gasteiger partial charge in [-0.2, -0.15) is 5.26 Å². The molecule has 7 heteroatoms. The molecular weight excluding hydrogens is 324 g/mol. The zero-order valence-electron chi connectivity index (χ0n) is 13.0. The molecule has 1 N–H and O–H groups in total. The van der Waals surface area contributed by atoms with E-state index < -0.39 is 5.56 Å². The van der Waals surface area contributed by atoms with Crippen molar-refractivity contribution < 1.29 is 4.79 Å². The summed E-state index contributed by atoms with van der Waals surface area (Å²) >= 11 is 1.19. The minimum Gasteiger partial charge on any atom is -0.342 e. The second kappa shape index (κ2) is 7.32. The number of aromatic nitrogens is 2. The molecule has 1 aliphatic rings. The van der Waals surface area contributed by atoms with Crippen molar-refractivity contribution >= 4 is 17.7 Å². The van der Waals surface area contributed by atoms with Crippen molar-refractivity contribution in [1.82, 2.24) is 14.9 Å². The number of hydrogen-bond donors (Lipinski definition) is 1. The lowest BCUT2D eigenvalue weighted by Crippen LogP contribution is -2.29. The molecule has 24 heavy (non-hydrogen) atoms. The lowest BCUT2D eigenvalue weighted by atomic mass is 10.1. The molecular formula is C17H16N4O2S. The van der Waals surface area contributed by atoms with Gasteiger partial charge in [-0.15, -0.1) is 0 Å². The van der Waals surface area contributed by atoms with Crippen molar-refractivity contribution in [2.24, 2.45) is 0 Å². The molecule has 0 radical (unpaired) electrons. The first kappa shape index (κ1) is 16.3. The van der Waals surface area contributed by atoms with E-state index in [0.29, 0.717) is 16.4 Å². The Kier molecular flexibility index (Phi) is 4.96. The number of hydrogen-bond acceptors (Lipinski definition) is 5. The minimum atomic E-state index is -0.484. The summed E-state index contributed by atoms with van der Waals surface area (Å²) in [6.07, 6.45) is 2.08. The molecule has 3 rings (SSSR count). The van der Waals surface area contributed by atoms with E-state index in [1.54, 1.807) is 12.1 Å². The molecule has 6 nitrogen and oxygen atoms in total. The van der Waals surface area contributed by atoms with Crippen LogP contribution in [0.15, 0.2) is 40.3 Å². The van der Waals surface area contributed by atoms with Crippen LogP contribution in [0.2, 0.25) is 0 Å². The van der Waals surface area contributed by atoms with Gasteiger partial charge in [0.15, 0.2) is 5.16 Å². The average Bonchev–Trinajstić information content (AvgIpc) is 3.14. The van der Waals surface area contributed by atoms with E-state index in [4.69, 9.17) is 0 Å². The minimum absolute atomic E-state index is 0.0172. The van der Waals surface area contributed by atoms with Crippen molar-refractivity contribution in [3.05, 3.63) is 46.2 Å². The number of rotatable bonds is 4. The number of thioether (sulfide) groups is 1. The third-order valence-electron chi connectivity index (χ3n) is 3.85. The van der Waals surface area contributed by atoms with Gasteiger partial charge in [0.25, 0.3) is 5.56 Å². The quantitative estimate of drug-likeness (QED) is 0.679. The Balaban J connectivity index is 1.84. The van der Waals surface area contributed by atoms with E-state index in [1.165, 1.54) is 11.8 Å². The Bertz CT molecular complexity index is 836. The molecule has 1 aliphatic heterocycles. The van der Waals surface area contributed by atoms with Crippen molar-refractivity contribution in [2.75, 3.05) is 18.8 Å². The van der Waals surface area contributed by atoms with Gasteiger partial charge in [-0.05, 0) is 12.8 Å². The Hall–Kier alpha value is -2.59. The number of carbonyl (C=O) groups is 1. The smallest absolute Gasteiger partial charge is 0.270 e. The molecule has 0 spiro atoms. The molecule has 1 fully saturated rings. The summed E-state index contributed by atoms with van der Waals surface area (Å²) in [6, 6.07) is 11.0. The highest BCUT2D eigenvalue weighted by Crippen LogP contribution is 2.22. The van der Waals surface area contributed by atoms with Crippen LogP contribution < -0.4 is 5.56 Å². The normalized spacial score (nSPS) is 13.7. The molecule has 2 heterocycles. The topological polar surface area (TPSA) is 89.8 Å². The fourth-order valence-corrected chi connectivity index (χ4v) is 3.38. The van der Waals surface area contributed by atoms with Gasteiger partial charge in [0.2, 0.25) is 5.91 Å². The predicted molar refractivity (Wildman–Crippen MR) is 91.5 cm³/mol. The summed E-state index contributed by atoms with van der Waals surface area (Å²) in [5, 5.41) is 9.59. The fourth-order valence-electron chi connectivity index (χ4n) is 2.62. The number of H-pyrrole nitrogens is 1. The Morgan fingerprint density at radius 2 is 2.00 bits per heavy atom. The molecule has 2 aromatic rings. The molecule has 0 aliphatic carbocycles. The molecule has 1 aromatic carbocycles. The zero-order chi connectivity index (χ0) is 16.9. The van der Waals surface area contributed by atoms with Gasteiger partial charge in [-0.25, -0.2) is 4.98 Å². The van der Waals surface area contributed by atoms with Gasteiger partial charge in [0, 0.05) is 18.7 Å².